The van der Waals surface area contributed by atoms with Crippen LogP contribution in [0.5, 0.6) is 0 Å². The molecule has 1 aromatic heterocycles. The Kier molecular flexibility index (Phi) is 3.99. The topological polar surface area (TPSA) is 32.3 Å². The zero-order valence-electron chi connectivity index (χ0n) is 10.6. The van der Waals surface area contributed by atoms with Crippen LogP contribution in [0.25, 0.3) is 0 Å². The van der Waals surface area contributed by atoms with E-state index in [0.29, 0.717) is 12.0 Å². The summed E-state index contributed by atoms with van der Waals surface area (Å²) in [5, 5.41) is 0. The number of hydrogen-bond acceptors (Lipinski definition) is 4. The van der Waals surface area contributed by atoms with Gasteiger partial charge in [0.05, 0.1) is 4.47 Å². The first-order valence-electron chi connectivity index (χ1n) is 6.00. The van der Waals surface area contributed by atoms with Crippen LogP contribution in [0.1, 0.15) is 13.8 Å². The highest BCUT2D eigenvalue weighted by Gasteiger charge is 2.29. The van der Waals surface area contributed by atoms with Crippen LogP contribution in [0.3, 0.4) is 0 Å². The van der Waals surface area contributed by atoms with E-state index in [0.717, 1.165) is 30.1 Å². The summed E-state index contributed by atoms with van der Waals surface area (Å²) >= 11 is 3.37. The Labute approximate surface area is 111 Å². The number of nitrogens with zero attached hydrogens (tertiary/aromatic N) is 4. The standard InChI is InChI=1S/C12H19BrN4/c1-9(2)11-8-16(3)4-5-17(11)12-14-6-10(13)7-15-12/h6-7,9,11H,4-5,8H2,1-3H3. The Bertz CT molecular complexity index is 365. The zero-order chi connectivity index (χ0) is 12.4. The SMILES string of the molecule is CC(C)C1CN(C)CCN1c1ncc(Br)cn1. The van der Waals surface area contributed by atoms with E-state index in [1.54, 1.807) is 0 Å². The zero-order valence-corrected chi connectivity index (χ0v) is 12.2. The largest absolute Gasteiger partial charge is 0.335 e. The fourth-order valence-corrected chi connectivity index (χ4v) is 2.43. The van der Waals surface area contributed by atoms with Gasteiger partial charge in [-0.2, -0.15) is 0 Å². The van der Waals surface area contributed by atoms with Crippen molar-refractivity contribution in [1.82, 2.24) is 14.9 Å². The number of aromatic nitrogens is 2. The molecule has 1 aliphatic heterocycles. The molecule has 1 aromatic rings. The highest BCUT2D eigenvalue weighted by molar-refractivity contribution is 9.10. The van der Waals surface area contributed by atoms with E-state index in [9.17, 15) is 0 Å². The molecule has 0 radical (unpaired) electrons. The molecule has 2 rings (SSSR count). The molecule has 0 saturated carbocycles. The summed E-state index contributed by atoms with van der Waals surface area (Å²) in [6.07, 6.45) is 3.64. The average molecular weight is 299 g/mol. The number of halogens is 1. The van der Waals surface area contributed by atoms with Gasteiger partial charge in [-0.25, -0.2) is 9.97 Å². The van der Waals surface area contributed by atoms with E-state index in [4.69, 9.17) is 0 Å². The Morgan fingerprint density at radius 1 is 1.29 bits per heavy atom. The van der Waals surface area contributed by atoms with Gasteiger partial charge in [-0.3, -0.25) is 0 Å². The Hall–Kier alpha value is -0.680. The van der Waals surface area contributed by atoms with Gasteiger partial charge in [0.2, 0.25) is 5.95 Å². The minimum absolute atomic E-state index is 0.495. The predicted octanol–water partition coefficient (Wildman–Crippen LogP) is 2.02. The van der Waals surface area contributed by atoms with Gasteiger partial charge in [0.1, 0.15) is 0 Å². The van der Waals surface area contributed by atoms with Gasteiger partial charge in [-0.1, -0.05) is 13.8 Å². The van der Waals surface area contributed by atoms with Crippen molar-refractivity contribution in [2.75, 3.05) is 31.6 Å². The van der Waals surface area contributed by atoms with Crippen LogP contribution in [0.2, 0.25) is 0 Å². The first-order valence-corrected chi connectivity index (χ1v) is 6.80. The van der Waals surface area contributed by atoms with Crippen LogP contribution < -0.4 is 4.90 Å². The first kappa shape index (κ1) is 12.8. The van der Waals surface area contributed by atoms with Crippen molar-refractivity contribution in [2.45, 2.75) is 19.9 Å². The normalized spacial score (nSPS) is 22.2. The molecule has 0 aromatic carbocycles. The van der Waals surface area contributed by atoms with Crippen LogP contribution in [0.15, 0.2) is 16.9 Å². The van der Waals surface area contributed by atoms with Crippen LogP contribution >= 0.6 is 15.9 Å². The second-order valence-corrected chi connectivity index (χ2v) is 5.88. The molecular weight excluding hydrogens is 280 g/mol. The molecule has 5 heteroatoms. The van der Waals surface area contributed by atoms with Crippen molar-refractivity contribution >= 4 is 21.9 Å². The molecule has 1 atom stereocenters. The smallest absolute Gasteiger partial charge is 0.225 e. The van der Waals surface area contributed by atoms with Crippen LogP contribution in [-0.4, -0.2) is 47.6 Å². The first-order chi connectivity index (χ1) is 8.08. The minimum Gasteiger partial charge on any atom is -0.335 e. The van der Waals surface area contributed by atoms with Crippen LogP contribution in [-0.2, 0) is 0 Å². The molecule has 1 aliphatic rings. The van der Waals surface area contributed by atoms with E-state index in [-0.39, 0.29) is 0 Å². The maximum absolute atomic E-state index is 4.41. The maximum Gasteiger partial charge on any atom is 0.225 e. The van der Waals surface area contributed by atoms with E-state index in [1.807, 2.05) is 12.4 Å². The third kappa shape index (κ3) is 2.96. The molecular formula is C12H19BrN4. The lowest BCUT2D eigenvalue weighted by Gasteiger charge is -2.42. The molecule has 0 N–H and O–H groups in total. The van der Waals surface area contributed by atoms with Crippen molar-refractivity contribution in [3.8, 4) is 0 Å². The summed E-state index contributed by atoms with van der Waals surface area (Å²) in [6.45, 7) is 7.67. The lowest BCUT2D eigenvalue weighted by molar-refractivity contribution is 0.235. The fourth-order valence-electron chi connectivity index (χ4n) is 2.23. The van der Waals surface area contributed by atoms with Gasteiger partial charge >= 0.3 is 0 Å². The van der Waals surface area contributed by atoms with E-state index < -0.39 is 0 Å². The van der Waals surface area contributed by atoms with Gasteiger partial charge in [0, 0.05) is 38.1 Å². The third-order valence-electron chi connectivity index (χ3n) is 3.25. The summed E-state index contributed by atoms with van der Waals surface area (Å²) in [5.74, 6) is 1.45. The monoisotopic (exact) mass is 298 g/mol. The number of hydrogen-bond donors (Lipinski definition) is 0. The van der Waals surface area contributed by atoms with Gasteiger partial charge in [-0.05, 0) is 28.9 Å². The van der Waals surface area contributed by atoms with E-state index in [2.05, 4.69) is 56.6 Å². The molecule has 0 amide bonds. The van der Waals surface area contributed by atoms with Crippen molar-refractivity contribution in [3.05, 3.63) is 16.9 Å². The number of rotatable bonds is 2. The lowest BCUT2D eigenvalue weighted by atomic mass is 10.0. The molecule has 1 saturated heterocycles. The Balaban J connectivity index is 2.20. The second kappa shape index (κ2) is 5.31. The van der Waals surface area contributed by atoms with E-state index >= 15 is 0 Å². The quantitative estimate of drug-likeness (QED) is 0.836. The highest BCUT2D eigenvalue weighted by Crippen LogP contribution is 2.21. The molecule has 0 aliphatic carbocycles. The van der Waals surface area contributed by atoms with E-state index in [1.165, 1.54) is 0 Å². The van der Waals surface area contributed by atoms with Gasteiger partial charge < -0.3 is 9.80 Å². The van der Waals surface area contributed by atoms with Crippen LogP contribution in [0, 0.1) is 5.92 Å². The van der Waals surface area contributed by atoms with Crippen molar-refractivity contribution in [2.24, 2.45) is 5.92 Å². The second-order valence-electron chi connectivity index (χ2n) is 4.97. The molecule has 2 heterocycles. The summed E-state index contributed by atoms with van der Waals surface area (Å²) < 4.78 is 0.927. The summed E-state index contributed by atoms with van der Waals surface area (Å²) in [4.78, 5) is 13.5. The van der Waals surface area contributed by atoms with Gasteiger partial charge in [-0.15, -0.1) is 0 Å². The van der Waals surface area contributed by atoms with Crippen LogP contribution in [0.4, 0.5) is 5.95 Å². The summed E-state index contributed by atoms with van der Waals surface area (Å²) in [5.41, 5.74) is 0. The minimum atomic E-state index is 0.495. The number of piperazine rings is 1. The molecule has 0 spiro atoms. The van der Waals surface area contributed by atoms with Crippen molar-refractivity contribution < 1.29 is 0 Å². The summed E-state index contributed by atoms with van der Waals surface area (Å²) in [7, 11) is 2.18. The summed E-state index contributed by atoms with van der Waals surface area (Å²) in [6, 6.07) is 0.495. The number of anilines is 1. The van der Waals surface area contributed by atoms with Crippen molar-refractivity contribution in [3.63, 3.8) is 0 Å². The molecule has 0 bridgehead atoms. The number of likely N-dealkylation sites (N-methyl/N-ethyl adjacent to an activating group) is 1. The molecule has 1 fully saturated rings. The van der Waals surface area contributed by atoms with Gasteiger partial charge in [0.25, 0.3) is 0 Å². The average Bonchev–Trinajstić information content (AvgIpc) is 2.30. The molecule has 94 valence electrons. The van der Waals surface area contributed by atoms with Crippen molar-refractivity contribution in [1.29, 1.82) is 0 Å². The maximum atomic E-state index is 4.41. The highest BCUT2D eigenvalue weighted by atomic mass is 79.9. The molecule has 17 heavy (non-hydrogen) atoms. The molecule has 4 nitrogen and oxygen atoms in total. The fraction of sp³-hybridized carbons (Fsp3) is 0.667. The Morgan fingerprint density at radius 2 is 1.94 bits per heavy atom. The lowest BCUT2D eigenvalue weighted by Crippen LogP contribution is -2.54. The van der Waals surface area contributed by atoms with Gasteiger partial charge in [0.15, 0.2) is 0 Å². The molecule has 1 unspecified atom stereocenters. The predicted molar refractivity (Wildman–Crippen MR) is 73.2 cm³/mol. The Morgan fingerprint density at radius 3 is 2.53 bits per heavy atom. The third-order valence-corrected chi connectivity index (χ3v) is 3.66.